The maximum absolute atomic E-state index is 13.8. The zero-order valence-corrected chi connectivity index (χ0v) is 17.5. The van der Waals surface area contributed by atoms with Gasteiger partial charge < -0.3 is 15.7 Å². The molecule has 0 bridgehead atoms. The van der Waals surface area contributed by atoms with Gasteiger partial charge in [-0.1, -0.05) is 42.0 Å². The number of amides is 1. The number of fused-ring (bicyclic) bond motifs is 1. The zero-order valence-electron chi connectivity index (χ0n) is 17.5. The second-order valence-electron chi connectivity index (χ2n) is 8.01. The van der Waals surface area contributed by atoms with E-state index < -0.39 is 30.3 Å². The Bertz CT molecular complexity index is 1120. The van der Waals surface area contributed by atoms with Crippen LogP contribution in [0.1, 0.15) is 58.6 Å². The summed E-state index contributed by atoms with van der Waals surface area (Å²) < 4.78 is 42.4. The molecule has 1 aromatic heterocycles. The van der Waals surface area contributed by atoms with Gasteiger partial charge in [0.15, 0.2) is 6.04 Å². The number of nitrogens with zero attached hydrogens (tertiary/aromatic N) is 2. The van der Waals surface area contributed by atoms with Gasteiger partial charge in [0.1, 0.15) is 11.4 Å². The van der Waals surface area contributed by atoms with Crippen molar-refractivity contribution in [1.82, 2.24) is 9.78 Å². The van der Waals surface area contributed by atoms with E-state index in [-0.39, 0.29) is 17.8 Å². The Morgan fingerprint density at radius 2 is 1.97 bits per heavy atom. The van der Waals surface area contributed by atoms with E-state index in [0.29, 0.717) is 16.8 Å². The van der Waals surface area contributed by atoms with Crippen LogP contribution < -0.4 is 10.6 Å². The first-order valence-electron chi connectivity index (χ1n) is 10.2. The van der Waals surface area contributed by atoms with Gasteiger partial charge in [0.05, 0.1) is 18.3 Å². The van der Waals surface area contributed by atoms with Crippen molar-refractivity contribution >= 4 is 17.4 Å². The van der Waals surface area contributed by atoms with E-state index in [2.05, 4.69) is 15.7 Å². The molecule has 0 unspecified atom stereocenters. The van der Waals surface area contributed by atoms with Crippen LogP contribution in [-0.4, -0.2) is 27.0 Å². The Morgan fingerprint density at radius 1 is 1.25 bits per heavy atom. The van der Waals surface area contributed by atoms with Crippen molar-refractivity contribution in [3.05, 3.63) is 77.0 Å². The van der Waals surface area contributed by atoms with E-state index in [1.807, 2.05) is 19.1 Å². The predicted molar refractivity (Wildman–Crippen MR) is 115 cm³/mol. The lowest BCUT2D eigenvalue weighted by Gasteiger charge is -2.34. The summed E-state index contributed by atoms with van der Waals surface area (Å²) in [7, 11) is 0. The van der Waals surface area contributed by atoms with Gasteiger partial charge in [-0.25, -0.2) is 4.68 Å². The summed E-state index contributed by atoms with van der Waals surface area (Å²) in [5.41, 5.74) is 2.74. The highest BCUT2D eigenvalue weighted by atomic mass is 19.4. The molecule has 0 saturated heterocycles. The molecule has 4 rings (SSSR count). The molecule has 0 aliphatic carbocycles. The molecule has 2 aromatic carbocycles. The number of nitrogens with one attached hydrogen (secondary N) is 2. The van der Waals surface area contributed by atoms with Crippen molar-refractivity contribution in [2.75, 3.05) is 10.6 Å². The molecule has 1 amide bonds. The van der Waals surface area contributed by atoms with E-state index in [1.165, 1.54) is 0 Å². The van der Waals surface area contributed by atoms with Crippen LogP contribution in [0.5, 0.6) is 0 Å². The molecule has 0 spiro atoms. The van der Waals surface area contributed by atoms with Gasteiger partial charge in [-0.3, -0.25) is 4.79 Å². The molecule has 0 fully saturated rings. The number of alkyl halides is 3. The monoisotopic (exact) mass is 444 g/mol. The topological polar surface area (TPSA) is 79.2 Å². The van der Waals surface area contributed by atoms with Gasteiger partial charge in [-0.2, -0.15) is 18.3 Å². The van der Waals surface area contributed by atoms with E-state index in [4.69, 9.17) is 0 Å². The Morgan fingerprint density at radius 3 is 2.62 bits per heavy atom. The molecule has 3 N–H and O–H groups in total. The van der Waals surface area contributed by atoms with Crippen LogP contribution in [0.3, 0.4) is 0 Å². The minimum Gasteiger partial charge on any atom is -0.389 e. The van der Waals surface area contributed by atoms with E-state index in [1.54, 1.807) is 43.3 Å². The van der Waals surface area contributed by atoms with Crippen LogP contribution in [0.15, 0.2) is 54.7 Å². The fourth-order valence-corrected chi connectivity index (χ4v) is 3.82. The van der Waals surface area contributed by atoms with Crippen LogP contribution in [0.25, 0.3) is 0 Å². The minimum absolute atomic E-state index is 0.0125. The van der Waals surface area contributed by atoms with Crippen LogP contribution in [0.4, 0.5) is 24.7 Å². The highest BCUT2D eigenvalue weighted by Gasteiger charge is 2.47. The predicted octanol–water partition coefficient (Wildman–Crippen LogP) is 5.16. The minimum atomic E-state index is -4.52. The lowest BCUT2D eigenvalue weighted by Crippen LogP contribution is -2.36. The number of carbonyl (C=O) groups excluding carboxylic acids is 1. The normalized spacial score (nSPS) is 19.1. The summed E-state index contributed by atoms with van der Waals surface area (Å²) in [6.45, 7) is 3.50. The molecule has 6 nitrogen and oxygen atoms in total. The number of benzene rings is 2. The summed E-state index contributed by atoms with van der Waals surface area (Å²) in [4.78, 5) is 12.9. The van der Waals surface area contributed by atoms with Gasteiger partial charge in [0, 0.05) is 12.1 Å². The number of aromatic nitrogens is 2. The number of aliphatic hydroxyl groups excluding tert-OH is 1. The smallest absolute Gasteiger partial charge is 0.389 e. The molecule has 3 atom stereocenters. The maximum Gasteiger partial charge on any atom is 0.410 e. The summed E-state index contributed by atoms with van der Waals surface area (Å²) in [6.07, 6.45) is -4.34. The Hall–Kier alpha value is -3.33. The van der Waals surface area contributed by atoms with Crippen molar-refractivity contribution in [2.45, 2.75) is 44.6 Å². The number of halogens is 3. The van der Waals surface area contributed by atoms with Crippen molar-refractivity contribution in [3.63, 3.8) is 0 Å². The molecule has 168 valence electrons. The standard InChI is InChI=1S/C23H23F3N4O2/c1-13-6-8-15(9-7-13)19-11-20(23(24,25)26)30-21(29-19)18(12-27-30)22(32)28-17-5-3-4-16(10-17)14(2)31/h3-10,12,14,19-20,29,31H,11H2,1-2H3,(H,28,32)/t14-,19-,20+/m1/s1. The Labute approximate surface area is 183 Å². The number of hydrogen-bond acceptors (Lipinski definition) is 4. The third-order valence-corrected chi connectivity index (χ3v) is 5.59. The van der Waals surface area contributed by atoms with E-state index in [9.17, 15) is 23.1 Å². The highest BCUT2D eigenvalue weighted by molar-refractivity contribution is 6.07. The molecule has 1 aliphatic heterocycles. The number of carbonyl (C=O) groups is 1. The summed E-state index contributed by atoms with van der Waals surface area (Å²) in [6, 6.07) is 11.4. The second-order valence-corrected chi connectivity index (χ2v) is 8.01. The number of rotatable bonds is 4. The molecule has 0 radical (unpaired) electrons. The Kier molecular flexibility index (Phi) is 5.68. The first-order chi connectivity index (χ1) is 15.1. The summed E-state index contributed by atoms with van der Waals surface area (Å²) >= 11 is 0. The van der Waals surface area contributed by atoms with Crippen LogP contribution in [0, 0.1) is 6.92 Å². The average molecular weight is 444 g/mol. The first-order valence-corrected chi connectivity index (χ1v) is 10.2. The molecule has 2 heterocycles. The number of hydrogen-bond donors (Lipinski definition) is 3. The molecular formula is C23H23F3N4O2. The quantitative estimate of drug-likeness (QED) is 0.520. The maximum atomic E-state index is 13.8. The van der Waals surface area contributed by atoms with Gasteiger partial charge in [-0.15, -0.1) is 0 Å². The molecule has 32 heavy (non-hydrogen) atoms. The van der Waals surface area contributed by atoms with Crippen LogP contribution >= 0.6 is 0 Å². The van der Waals surface area contributed by atoms with Crippen LogP contribution in [0.2, 0.25) is 0 Å². The number of aliphatic hydroxyl groups is 1. The van der Waals surface area contributed by atoms with Crippen molar-refractivity contribution in [3.8, 4) is 0 Å². The third kappa shape index (κ3) is 4.34. The molecule has 9 heteroatoms. The van der Waals surface area contributed by atoms with E-state index in [0.717, 1.165) is 16.4 Å². The zero-order chi connectivity index (χ0) is 23.0. The highest BCUT2D eigenvalue weighted by Crippen LogP contribution is 2.44. The van der Waals surface area contributed by atoms with Gasteiger partial charge in [-0.05, 0) is 37.1 Å². The molecule has 0 saturated carbocycles. The lowest BCUT2D eigenvalue weighted by atomic mass is 9.96. The molecule has 1 aliphatic rings. The Balaban J connectivity index is 1.67. The van der Waals surface area contributed by atoms with Gasteiger partial charge in [0.25, 0.3) is 5.91 Å². The van der Waals surface area contributed by atoms with Gasteiger partial charge in [0.2, 0.25) is 0 Å². The van der Waals surface area contributed by atoms with Crippen LogP contribution in [-0.2, 0) is 0 Å². The summed E-state index contributed by atoms with van der Waals surface area (Å²) in [5.74, 6) is -0.569. The fourth-order valence-electron chi connectivity index (χ4n) is 3.82. The lowest BCUT2D eigenvalue weighted by molar-refractivity contribution is -0.173. The van der Waals surface area contributed by atoms with Crippen molar-refractivity contribution in [1.29, 1.82) is 0 Å². The molecular weight excluding hydrogens is 421 g/mol. The SMILES string of the molecule is Cc1ccc([C@H]2C[C@@H](C(F)(F)F)n3ncc(C(=O)Nc4cccc([C@@H](C)O)c4)c3N2)cc1. The number of anilines is 2. The van der Waals surface area contributed by atoms with Gasteiger partial charge >= 0.3 is 6.18 Å². The number of aryl methyl sites for hydroxylation is 1. The first kappa shape index (κ1) is 21.9. The largest absolute Gasteiger partial charge is 0.410 e. The second kappa shape index (κ2) is 8.31. The average Bonchev–Trinajstić information content (AvgIpc) is 3.17. The molecule has 3 aromatic rings. The summed E-state index contributed by atoms with van der Waals surface area (Å²) in [5, 5.41) is 19.4. The van der Waals surface area contributed by atoms with Crippen molar-refractivity contribution in [2.24, 2.45) is 0 Å². The fraction of sp³-hybridized carbons (Fsp3) is 0.304. The van der Waals surface area contributed by atoms with Crippen molar-refractivity contribution < 1.29 is 23.1 Å². The third-order valence-electron chi connectivity index (χ3n) is 5.59. The van der Waals surface area contributed by atoms with E-state index >= 15 is 0 Å².